The first kappa shape index (κ1) is 18.7. The van der Waals surface area contributed by atoms with Crippen LogP contribution in [0.3, 0.4) is 0 Å². The molecule has 0 saturated heterocycles. The lowest BCUT2D eigenvalue weighted by molar-refractivity contribution is -0.684. The summed E-state index contributed by atoms with van der Waals surface area (Å²) in [7, 11) is 0. The molecule has 1 aromatic carbocycles. The van der Waals surface area contributed by atoms with E-state index in [-0.39, 0.29) is 17.9 Å². The van der Waals surface area contributed by atoms with Gasteiger partial charge in [0.05, 0.1) is 6.26 Å². The molecule has 0 spiro atoms. The molecule has 3 N–H and O–H groups in total. The Kier molecular flexibility index (Phi) is 6.77. The molecule has 0 aliphatic heterocycles. The lowest BCUT2D eigenvalue weighted by atomic mass is 10.1. The Morgan fingerprint density at radius 3 is 2.40 bits per heavy atom. The summed E-state index contributed by atoms with van der Waals surface area (Å²) < 4.78 is 5.32. The van der Waals surface area contributed by atoms with Gasteiger partial charge in [-0.1, -0.05) is 0 Å². The van der Waals surface area contributed by atoms with Crippen molar-refractivity contribution in [1.29, 1.82) is 0 Å². The van der Waals surface area contributed by atoms with E-state index in [1.807, 2.05) is 38.2 Å². The molecular formula is C19H26N3O3+. The maximum Gasteiger partial charge on any atom is 0.279 e. The number of hydrogen-bond donors (Lipinski definition) is 2. The summed E-state index contributed by atoms with van der Waals surface area (Å²) in [4.78, 5) is 26.1. The van der Waals surface area contributed by atoms with E-state index in [4.69, 9.17) is 4.42 Å². The van der Waals surface area contributed by atoms with E-state index in [0.717, 1.165) is 5.76 Å². The van der Waals surface area contributed by atoms with Crippen LogP contribution < -0.4 is 10.6 Å². The molecule has 1 heterocycles. The van der Waals surface area contributed by atoms with Gasteiger partial charge in [-0.15, -0.1) is 0 Å². The predicted octanol–water partition coefficient (Wildman–Crippen LogP) is 2.02. The second-order valence-corrected chi connectivity index (χ2v) is 5.85. The minimum Gasteiger partial charge on any atom is -0.463 e. The molecule has 134 valence electrons. The average Bonchev–Trinajstić information content (AvgIpc) is 3.16. The fourth-order valence-corrected chi connectivity index (χ4v) is 2.55. The molecule has 2 amide bonds. The predicted molar refractivity (Wildman–Crippen MR) is 96.2 cm³/mol. The van der Waals surface area contributed by atoms with Crippen molar-refractivity contribution in [3.05, 3.63) is 54.0 Å². The molecule has 0 saturated carbocycles. The zero-order valence-electron chi connectivity index (χ0n) is 15.0. The molecule has 1 aromatic heterocycles. The van der Waals surface area contributed by atoms with Gasteiger partial charge in [0, 0.05) is 24.3 Å². The van der Waals surface area contributed by atoms with Crippen molar-refractivity contribution in [3.63, 3.8) is 0 Å². The van der Waals surface area contributed by atoms with Gasteiger partial charge in [0.2, 0.25) is 0 Å². The van der Waals surface area contributed by atoms with Gasteiger partial charge >= 0.3 is 0 Å². The van der Waals surface area contributed by atoms with Crippen molar-refractivity contribution in [2.45, 2.75) is 26.8 Å². The van der Waals surface area contributed by atoms with Crippen molar-refractivity contribution < 1.29 is 19.3 Å². The molecule has 0 unspecified atom stereocenters. The fourth-order valence-electron chi connectivity index (χ4n) is 2.55. The molecule has 0 aliphatic rings. The Balaban J connectivity index is 1.86. The van der Waals surface area contributed by atoms with E-state index < -0.39 is 0 Å². The fraction of sp³-hybridized carbons (Fsp3) is 0.368. The number of hydrogen-bond acceptors (Lipinski definition) is 3. The van der Waals surface area contributed by atoms with Crippen LogP contribution in [0.25, 0.3) is 0 Å². The lowest BCUT2D eigenvalue weighted by Gasteiger charge is -2.18. The van der Waals surface area contributed by atoms with Gasteiger partial charge in [-0.05, 0) is 57.2 Å². The minimum atomic E-state index is -0.0961. The summed E-state index contributed by atoms with van der Waals surface area (Å²) in [6.45, 7) is 7.54. The van der Waals surface area contributed by atoms with Crippen LogP contribution in [0.15, 0.2) is 47.1 Å². The monoisotopic (exact) mass is 344 g/mol. The number of nitrogens with two attached hydrogens (primary N) is 1. The van der Waals surface area contributed by atoms with Gasteiger partial charge < -0.3 is 20.0 Å². The van der Waals surface area contributed by atoms with Crippen LogP contribution in [0.2, 0.25) is 0 Å². The molecule has 0 fully saturated rings. The number of furan rings is 1. The zero-order valence-corrected chi connectivity index (χ0v) is 15.0. The first-order valence-corrected chi connectivity index (χ1v) is 8.61. The summed E-state index contributed by atoms with van der Waals surface area (Å²) in [5, 5.41) is 4.75. The van der Waals surface area contributed by atoms with Crippen LogP contribution in [-0.2, 0) is 4.79 Å². The van der Waals surface area contributed by atoms with Crippen molar-refractivity contribution in [2.75, 3.05) is 25.0 Å². The maximum absolute atomic E-state index is 12.3. The smallest absolute Gasteiger partial charge is 0.279 e. The van der Waals surface area contributed by atoms with E-state index in [9.17, 15) is 9.59 Å². The number of anilines is 1. The first-order valence-electron chi connectivity index (χ1n) is 8.61. The number of amides is 2. The SMILES string of the molecule is CCN(CC)C(=O)c1ccc(NC(=O)C[NH2+][C@H](C)c2ccco2)cc1. The highest BCUT2D eigenvalue weighted by atomic mass is 16.3. The third kappa shape index (κ3) is 5.19. The summed E-state index contributed by atoms with van der Waals surface area (Å²) in [5.74, 6) is 0.747. The molecule has 0 radical (unpaired) electrons. The molecule has 6 heteroatoms. The maximum atomic E-state index is 12.3. The van der Waals surface area contributed by atoms with Crippen LogP contribution in [0.4, 0.5) is 5.69 Å². The highest BCUT2D eigenvalue weighted by Gasteiger charge is 2.15. The van der Waals surface area contributed by atoms with Crippen LogP contribution in [0.5, 0.6) is 0 Å². The first-order chi connectivity index (χ1) is 12.0. The molecular weight excluding hydrogens is 318 g/mol. The lowest BCUT2D eigenvalue weighted by Crippen LogP contribution is -2.86. The molecule has 1 atom stereocenters. The number of carbonyl (C=O) groups is 2. The van der Waals surface area contributed by atoms with Crippen molar-refractivity contribution in [3.8, 4) is 0 Å². The number of rotatable bonds is 8. The largest absolute Gasteiger partial charge is 0.463 e. The molecule has 0 aliphatic carbocycles. The second-order valence-electron chi connectivity index (χ2n) is 5.85. The second kappa shape index (κ2) is 9.03. The van der Waals surface area contributed by atoms with Crippen LogP contribution >= 0.6 is 0 Å². The molecule has 2 rings (SSSR count). The van der Waals surface area contributed by atoms with E-state index in [2.05, 4.69) is 5.32 Å². The Hall–Kier alpha value is -2.60. The van der Waals surface area contributed by atoms with E-state index >= 15 is 0 Å². The number of benzene rings is 1. The number of nitrogens with zero attached hydrogens (tertiary/aromatic N) is 1. The topological polar surface area (TPSA) is 79.2 Å². The van der Waals surface area contributed by atoms with Gasteiger partial charge in [-0.25, -0.2) is 0 Å². The summed E-state index contributed by atoms with van der Waals surface area (Å²) in [6.07, 6.45) is 1.63. The van der Waals surface area contributed by atoms with Gasteiger partial charge in [0.25, 0.3) is 11.8 Å². The van der Waals surface area contributed by atoms with Crippen LogP contribution in [0.1, 0.15) is 42.9 Å². The highest BCUT2D eigenvalue weighted by molar-refractivity contribution is 5.96. The van der Waals surface area contributed by atoms with E-state index in [1.165, 1.54) is 0 Å². The molecule has 2 aromatic rings. The van der Waals surface area contributed by atoms with Crippen molar-refractivity contribution in [2.24, 2.45) is 0 Å². The molecule has 25 heavy (non-hydrogen) atoms. The van der Waals surface area contributed by atoms with E-state index in [1.54, 1.807) is 35.4 Å². The Morgan fingerprint density at radius 1 is 1.16 bits per heavy atom. The van der Waals surface area contributed by atoms with Crippen molar-refractivity contribution in [1.82, 2.24) is 4.90 Å². The third-order valence-corrected chi connectivity index (χ3v) is 4.12. The summed E-state index contributed by atoms with van der Waals surface area (Å²) in [6, 6.07) is 10.8. The molecule has 0 bridgehead atoms. The minimum absolute atomic E-state index is 0.00322. The Labute approximate surface area is 148 Å². The van der Waals surface area contributed by atoms with E-state index in [0.29, 0.717) is 30.9 Å². The van der Waals surface area contributed by atoms with Gasteiger partial charge in [0.1, 0.15) is 6.04 Å². The highest BCUT2D eigenvalue weighted by Crippen LogP contribution is 2.12. The Bertz CT molecular complexity index is 676. The average molecular weight is 344 g/mol. The normalized spacial score (nSPS) is 11.8. The zero-order chi connectivity index (χ0) is 18.2. The van der Waals surface area contributed by atoms with Gasteiger partial charge in [-0.3, -0.25) is 9.59 Å². The van der Waals surface area contributed by atoms with Crippen LogP contribution in [-0.4, -0.2) is 36.3 Å². The molecule has 6 nitrogen and oxygen atoms in total. The quantitative estimate of drug-likeness (QED) is 0.769. The third-order valence-electron chi connectivity index (χ3n) is 4.12. The van der Waals surface area contributed by atoms with Crippen molar-refractivity contribution >= 4 is 17.5 Å². The van der Waals surface area contributed by atoms with Gasteiger partial charge in [0.15, 0.2) is 12.3 Å². The van der Waals surface area contributed by atoms with Gasteiger partial charge in [-0.2, -0.15) is 0 Å². The standard InChI is InChI=1S/C19H25N3O3/c1-4-22(5-2)19(24)15-8-10-16(11-9-15)21-18(23)13-20-14(3)17-7-6-12-25-17/h6-12,14,20H,4-5,13H2,1-3H3,(H,21,23)/p+1/t14-/m1/s1. The Morgan fingerprint density at radius 2 is 1.84 bits per heavy atom. The van der Waals surface area contributed by atoms with Crippen LogP contribution in [0, 0.1) is 0 Å². The number of carbonyl (C=O) groups excluding carboxylic acids is 2. The number of nitrogens with one attached hydrogen (secondary N) is 1. The summed E-state index contributed by atoms with van der Waals surface area (Å²) >= 11 is 0. The number of quaternary nitrogens is 1. The summed E-state index contributed by atoms with van der Waals surface area (Å²) in [5.41, 5.74) is 1.31.